The number of fused-ring (bicyclic) bond motifs is 5. The fourth-order valence-corrected chi connectivity index (χ4v) is 15.5. The van der Waals surface area contributed by atoms with E-state index in [1.54, 1.807) is 30.2 Å². The Bertz CT molecular complexity index is 5000. The van der Waals surface area contributed by atoms with Crippen LogP contribution in [0.5, 0.6) is 23.0 Å². The number of anilines is 3. The van der Waals surface area contributed by atoms with Gasteiger partial charge in [-0.05, 0) is 94.7 Å². The van der Waals surface area contributed by atoms with E-state index in [2.05, 4.69) is 80.6 Å². The second-order valence-electron chi connectivity index (χ2n) is 28.6. The highest BCUT2D eigenvalue weighted by atomic mass is 33.1. The number of hydrogen-bond acceptors (Lipinski definition) is 30. The number of guanidine groups is 1. The molecule has 0 aliphatic carbocycles. The number of aromatic nitrogens is 4. The van der Waals surface area contributed by atoms with E-state index in [4.69, 9.17) is 40.6 Å². The maximum Gasteiger partial charge on any atom is 0.416 e. The van der Waals surface area contributed by atoms with Crippen molar-refractivity contribution in [1.82, 2.24) is 67.0 Å². The average Bonchev–Trinajstić information content (AvgIpc) is 1.61. The molecule has 3 aromatic carbocycles. The number of rotatable bonds is 45. The van der Waals surface area contributed by atoms with Gasteiger partial charge in [-0.3, -0.25) is 68.1 Å². The van der Waals surface area contributed by atoms with E-state index in [1.807, 2.05) is 0 Å². The van der Waals surface area contributed by atoms with Crippen molar-refractivity contribution in [2.24, 2.45) is 10.7 Å². The van der Waals surface area contributed by atoms with Crippen LogP contribution >= 0.6 is 21.6 Å². The number of H-pyrrole nitrogens is 1. The number of methoxy groups -OCH3 is 2. The summed E-state index contributed by atoms with van der Waals surface area (Å²) in [6.45, 7) is 10.1. The van der Waals surface area contributed by atoms with Crippen LogP contribution in [0.1, 0.15) is 121 Å². The van der Waals surface area contributed by atoms with Crippen LogP contribution in [-0.2, 0) is 59.2 Å². The molecule has 2 aromatic heterocycles. The molecule has 6 heterocycles. The quantitative estimate of drug-likeness (QED) is 0.00641. The van der Waals surface area contributed by atoms with Gasteiger partial charge in [0.25, 0.3) is 23.3 Å². The molecule has 19 N–H and O–H groups in total. The van der Waals surface area contributed by atoms with Crippen LogP contribution in [0.2, 0.25) is 0 Å². The normalized spacial score (nSPS) is 16.7. The van der Waals surface area contributed by atoms with Gasteiger partial charge in [-0.15, -0.1) is 0 Å². The van der Waals surface area contributed by atoms with Crippen molar-refractivity contribution in [3.8, 4) is 23.0 Å². The molecule has 0 saturated carbocycles. The van der Waals surface area contributed by atoms with Crippen molar-refractivity contribution in [3.05, 3.63) is 112 Å². The lowest BCUT2D eigenvalue weighted by atomic mass is 10.1. The molecule has 2 fully saturated rings. The fraction of sp³-hybridized carbons (Fsp3) is 0.429. The van der Waals surface area contributed by atoms with Crippen LogP contribution in [0.3, 0.4) is 0 Å². The monoisotopic (exact) mass is 1750 g/mol. The molecule has 44 nitrogen and oxygen atoms in total. The van der Waals surface area contributed by atoms with Crippen molar-refractivity contribution >= 4 is 151 Å². The number of unbranched alkanes of at least 4 members (excludes halogenated alkanes) is 2. The Balaban J connectivity index is 0.762. The molecular formula is C77H93N19O25S2. The summed E-state index contributed by atoms with van der Waals surface area (Å²) in [7, 11) is 4.71. The number of carboxylic acid groups (broad SMARTS) is 4. The third kappa shape index (κ3) is 25.5. The molecule has 1 unspecified atom stereocenters. The predicted octanol–water partition coefficient (Wildman–Crippen LogP) is 0.829. The van der Waals surface area contributed by atoms with E-state index in [1.165, 1.54) is 61.7 Å². The van der Waals surface area contributed by atoms with E-state index in [-0.39, 0.29) is 116 Å². The number of aliphatic hydroxyl groups is 1. The third-order valence-electron chi connectivity index (χ3n) is 19.4. The number of aromatic amines is 1. The van der Waals surface area contributed by atoms with Crippen LogP contribution in [0.25, 0.3) is 11.2 Å². The van der Waals surface area contributed by atoms with Gasteiger partial charge in [-0.1, -0.05) is 45.9 Å². The minimum absolute atomic E-state index is 0.0214. The van der Waals surface area contributed by atoms with Gasteiger partial charge in [-0.2, -0.15) is 4.98 Å². The van der Waals surface area contributed by atoms with Gasteiger partial charge in [0.15, 0.2) is 46.3 Å². The number of aliphatic imine (C=N–C) groups is 1. The summed E-state index contributed by atoms with van der Waals surface area (Å²) < 4.78 is 29.3. The summed E-state index contributed by atoms with van der Waals surface area (Å²) in [5.41, 5.74) is 13.4. The molecule has 5 aromatic rings. The van der Waals surface area contributed by atoms with E-state index in [0.29, 0.717) is 71.9 Å². The number of benzene rings is 3. The summed E-state index contributed by atoms with van der Waals surface area (Å²) in [4.78, 5) is 221. The van der Waals surface area contributed by atoms with Crippen molar-refractivity contribution < 1.29 is 116 Å². The van der Waals surface area contributed by atoms with E-state index in [0.717, 1.165) is 32.1 Å². The molecule has 9 amide bonds. The first-order valence-electron chi connectivity index (χ1n) is 38.3. The SMILES string of the molecule is C=C1C[C@H]2C=Nc3cc(OCCCCCOc4cc5c(cc4OC)C(=O)N4CC(=C)C[C@H]4[C@H](O)N5C(=O)OCC(C)SSC[C@H](NC(=O)[C@H](CC=O)NC(=O)[C@H](CC(=O)O)NC(=O)[C@H](CCCNC(=N)N)NC(=O)[C@H](CC(=O)O)NC(=O)CC[C@H](NC(=O)c4ccc(NCc5cnc6nc(N)[nH]c(=O)c6n5)cc4)C(=O)O)C(=O)O)c(OC)cc3C(=O)N2C1. The number of nitrogens with one attached hydrogen (secondary N) is 10. The molecule has 123 heavy (non-hydrogen) atoms. The number of carbonyl (C=O) groups is 14. The lowest BCUT2D eigenvalue weighted by Crippen LogP contribution is -2.59. The van der Waals surface area contributed by atoms with Gasteiger partial charge in [-0.25, -0.2) is 29.3 Å². The smallest absolute Gasteiger partial charge is 0.416 e. The van der Waals surface area contributed by atoms with Crippen molar-refractivity contribution in [2.45, 2.75) is 150 Å². The Kier molecular flexibility index (Phi) is 33.0. The van der Waals surface area contributed by atoms with Gasteiger partial charge >= 0.3 is 30.0 Å². The Morgan fingerprint density at radius 2 is 1.30 bits per heavy atom. The van der Waals surface area contributed by atoms with Crippen molar-refractivity contribution in [1.29, 1.82) is 5.41 Å². The molecule has 0 radical (unpaired) electrons. The summed E-state index contributed by atoms with van der Waals surface area (Å²) >= 11 is 0. The Hall–Kier alpha value is -13.7. The zero-order valence-electron chi connectivity index (χ0n) is 66.7. The highest BCUT2D eigenvalue weighted by molar-refractivity contribution is 8.77. The first kappa shape index (κ1) is 93.2. The largest absolute Gasteiger partial charge is 0.493 e. The topological polar surface area (TPSA) is 652 Å². The van der Waals surface area contributed by atoms with E-state index < -0.39 is 181 Å². The molecule has 0 spiro atoms. The van der Waals surface area contributed by atoms with Crippen molar-refractivity contribution in [3.63, 3.8) is 0 Å². The average molecular weight is 1750 g/mol. The number of aliphatic hydroxyl groups excluding tert-OH is 1. The molecule has 658 valence electrons. The summed E-state index contributed by atoms with van der Waals surface area (Å²) in [5, 5.41) is 77.5. The number of amides is 9. The van der Waals surface area contributed by atoms with Crippen LogP contribution in [-0.4, -0.2) is 270 Å². The minimum atomic E-state index is -2.14. The van der Waals surface area contributed by atoms with Crippen LogP contribution in [0.4, 0.5) is 27.8 Å². The Labute approximate surface area is 708 Å². The number of aliphatic carboxylic acids is 4. The Morgan fingerprint density at radius 3 is 1.94 bits per heavy atom. The molecule has 4 aliphatic heterocycles. The maximum absolute atomic E-state index is 14.4. The number of aldehydes is 1. The number of nitrogen functional groups attached to an aromatic ring is 1. The number of ether oxygens (including phenoxy) is 5. The number of nitrogens with zero attached hydrogens (tertiary/aromatic N) is 7. The molecule has 0 bridgehead atoms. The van der Waals surface area contributed by atoms with Gasteiger partial charge in [0, 0.05) is 73.1 Å². The van der Waals surface area contributed by atoms with Gasteiger partial charge in [0.1, 0.15) is 49.1 Å². The summed E-state index contributed by atoms with van der Waals surface area (Å²) in [6.07, 6.45) is -2.22. The zero-order valence-corrected chi connectivity index (χ0v) is 68.3. The van der Waals surface area contributed by atoms with Gasteiger partial charge in [0.2, 0.25) is 35.5 Å². The lowest BCUT2D eigenvalue weighted by Gasteiger charge is -2.31. The first-order chi connectivity index (χ1) is 58.6. The molecule has 2 saturated heterocycles. The van der Waals surface area contributed by atoms with Crippen LogP contribution in [0.15, 0.2) is 88.8 Å². The van der Waals surface area contributed by atoms with Crippen LogP contribution in [0, 0.1) is 5.41 Å². The second-order valence-corrected chi connectivity index (χ2v) is 31.5. The second kappa shape index (κ2) is 43.5. The highest BCUT2D eigenvalue weighted by Crippen LogP contribution is 2.43. The number of carbonyl (C=O) groups excluding carboxylic acids is 10. The predicted molar refractivity (Wildman–Crippen MR) is 441 cm³/mol. The first-order valence-corrected chi connectivity index (χ1v) is 40.7. The Morgan fingerprint density at radius 1 is 0.707 bits per heavy atom. The van der Waals surface area contributed by atoms with Crippen LogP contribution < -0.4 is 83.4 Å². The minimum Gasteiger partial charge on any atom is -0.493 e. The summed E-state index contributed by atoms with van der Waals surface area (Å²) in [6, 6.07) is -0.843. The van der Waals surface area contributed by atoms with E-state index >= 15 is 0 Å². The highest BCUT2D eigenvalue weighted by Gasteiger charge is 2.47. The number of carboxylic acids is 4. The maximum atomic E-state index is 14.4. The molecule has 4 aliphatic rings. The standard InChI is InChI=1S/C77H93N19O25S2/c1-37-22-43-32-83-49-26-57(55(117-4)24-44(49)70(109)94(43)33-37)119-20-7-6-8-21-120-58-29-53-45(25-56(58)118-5)71(110)95-34-38(2)23-54(95)72(111)96(53)77(116)121-35-39(3)123-122-36-52(74(114)115)91-66(105)47(17-19-97)88-68(107)51(28-61(101)102)90-65(104)46(10-9-18-81-75(78)79)87-67(106)50(27-60(99)100)86-59(98)16-15-48(73(112)113)89-64(103)40-11-13-41(14-12-40)82-30-42-31-84-63-62(85-42)69(108)93-76(80)92-63/h11-14,19,24-26,29,31-32,39,43,46-48,50-52,54,72,82,111H,1-2,6-10,15-18,20-23,27-28,30,33-36H2,3-5H3,(H,86,98)(H,87,106)(H,88,107)(H,89,103)(H,90,104)(H,91,105)(H,99,100)(H,101,102)(H,112,113)(H,114,115)(H4,78,79,81)(H3,80,84,92,93,108)/t39?,43-,46-,47-,48-,50-,51-,52-,54-,72-/m0/s1. The number of nitrogens with two attached hydrogens (primary N) is 2. The zero-order chi connectivity index (χ0) is 89.5. The fourth-order valence-electron chi connectivity index (χ4n) is 13.2. The summed E-state index contributed by atoms with van der Waals surface area (Å²) in [5.74, 6) is -14.7. The molecule has 46 heteroatoms. The van der Waals surface area contributed by atoms with Gasteiger partial charge in [0.05, 0.1) is 93.3 Å². The molecule has 9 rings (SSSR count). The van der Waals surface area contributed by atoms with E-state index in [9.17, 15) is 97.5 Å². The number of hydrogen-bond donors (Lipinski definition) is 17. The molecule has 10 atom stereocenters. The third-order valence-corrected chi connectivity index (χ3v) is 22.3. The van der Waals surface area contributed by atoms with Gasteiger partial charge < -0.3 is 118 Å². The van der Waals surface area contributed by atoms with Crippen molar-refractivity contribution in [2.75, 3.05) is 75.4 Å². The molecular weight excluding hydrogens is 1660 g/mol. The lowest BCUT2D eigenvalue weighted by molar-refractivity contribution is -0.143.